The fourth-order valence-corrected chi connectivity index (χ4v) is 1.78. The second-order valence-electron chi connectivity index (χ2n) is 3.46. The molecule has 0 fully saturated rings. The van der Waals surface area contributed by atoms with E-state index in [0.29, 0.717) is 25.3 Å². The zero-order valence-electron chi connectivity index (χ0n) is 8.42. The highest BCUT2D eigenvalue weighted by Crippen LogP contribution is 2.27. The standard InChI is InChI=1S/C11H10ClF2NO/c12-10-6-8(11(13)14)5-9(15-10)7-1-3-16-4-2-7/h1,5-6,11H,2-4H2. The third kappa shape index (κ3) is 2.57. The maximum atomic E-state index is 12.6. The van der Waals surface area contributed by atoms with Gasteiger partial charge in [0, 0.05) is 5.56 Å². The van der Waals surface area contributed by atoms with Gasteiger partial charge < -0.3 is 4.74 Å². The van der Waals surface area contributed by atoms with Crippen molar-refractivity contribution in [3.8, 4) is 0 Å². The van der Waals surface area contributed by atoms with E-state index in [1.165, 1.54) is 12.1 Å². The number of pyridine rings is 1. The summed E-state index contributed by atoms with van der Waals surface area (Å²) in [5.74, 6) is 0. The molecular weight excluding hydrogens is 236 g/mol. The van der Waals surface area contributed by atoms with Crippen molar-refractivity contribution in [2.45, 2.75) is 12.8 Å². The van der Waals surface area contributed by atoms with E-state index >= 15 is 0 Å². The Balaban J connectivity index is 2.36. The van der Waals surface area contributed by atoms with Crippen molar-refractivity contribution in [3.63, 3.8) is 0 Å². The van der Waals surface area contributed by atoms with Crippen molar-refractivity contribution < 1.29 is 13.5 Å². The van der Waals surface area contributed by atoms with Crippen LogP contribution in [-0.2, 0) is 4.74 Å². The van der Waals surface area contributed by atoms with E-state index in [1.807, 2.05) is 6.08 Å². The minimum atomic E-state index is -2.53. The highest BCUT2D eigenvalue weighted by molar-refractivity contribution is 6.29. The first-order valence-electron chi connectivity index (χ1n) is 4.89. The molecule has 1 aliphatic heterocycles. The van der Waals surface area contributed by atoms with E-state index in [0.717, 1.165) is 5.57 Å². The summed E-state index contributed by atoms with van der Waals surface area (Å²) in [6, 6.07) is 2.57. The molecule has 2 nitrogen and oxygen atoms in total. The Kier molecular flexibility index (Phi) is 3.51. The summed E-state index contributed by atoms with van der Waals surface area (Å²) >= 11 is 5.71. The van der Waals surface area contributed by atoms with Crippen LogP contribution in [0.25, 0.3) is 5.57 Å². The van der Waals surface area contributed by atoms with E-state index in [9.17, 15) is 8.78 Å². The van der Waals surface area contributed by atoms with Crippen molar-refractivity contribution in [2.75, 3.05) is 13.2 Å². The molecule has 1 aliphatic rings. The molecule has 86 valence electrons. The topological polar surface area (TPSA) is 22.1 Å². The average Bonchev–Trinajstić information content (AvgIpc) is 2.29. The zero-order valence-corrected chi connectivity index (χ0v) is 9.18. The van der Waals surface area contributed by atoms with Gasteiger partial charge in [0.25, 0.3) is 6.43 Å². The number of halogens is 3. The van der Waals surface area contributed by atoms with Crippen LogP contribution in [0, 0.1) is 0 Å². The number of alkyl halides is 2. The van der Waals surface area contributed by atoms with Crippen molar-refractivity contribution in [1.82, 2.24) is 4.98 Å². The minimum absolute atomic E-state index is 0.0950. The molecule has 0 aromatic carbocycles. The molecule has 5 heteroatoms. The van der Waals surface area contributed by atoms with Crippen molar-refractivity contribution in [3.05, 3.63) is 34.6 Å². The van der Waals surface area contributed by atoms with Gasteiger partial charge in [0.1, 0.15) is 5.15 Å². The Morgan fingerprint density at radius 1 is 1.38 bits per heavy atom. The van der Waals surface area contributed by atoms with Gasteiger partial charge in [0.05, 0.1) is 18.9 Å². The molecule has 0 saturated heterocycles. The first-order chi connectivity index (χ1) is 7.66. The maximum Gasteiger partial charge on any atom is 0.264 e. The lowest BCUT2D eigenvalue weighted by Gasteiger charge is -2.14. The van der Waals surface area contributed by atoms with Gasteiger partial charge in [-0.25, -0.2) is 13.8 Å². The SMILES string of the molecule is FC(F)c1cc(Cl)nc(C2=CCOCC2)c1. The third-order valence-electron chi connectivity index (χ3n) is 2.36. The van der Waals surface area contributed by atoms with Gasteiger partial charge in [-0.05, 0) is 24.1 Å². The lowest BCUT2D eigenvalue weighted by molar-refractivity contribution is 0.151. The molecule has 0 aliphatic carbocycles. The van der Waals surface area contributed by atoms with Gasteiger partial charge in [0.2, 0.25) is 0 Å². The molecule has 1 aromatic rings. The minimum Gasteiger partial charge on any atom is -0.377 e. The van der Waals surface area contributed by atoms with E-state index in [4.69, 9.17) is 16.3 Å². The summed E-state index contributed by atoms with van der Waals surface area (Å²) in [6.07, 6.45) is -0.00680. The zero-order chi connectivity index (χ0) is 11.5. The third-order valence-corrected chi connectivity index (χ3v) is 2.55. The van der Waals surface area contributed by atoms with Gasteiger partial charge in [-0.1, -0.05) is 17.7 Å². The highest BCUT2D eigenvalue weighted by atomic mass is 35.5. The van der Waals surface area contributed by atoms with Gasteiger partial charge in [0.15, 0.2) is 0 Å². The maximum absolute atomic E-state index is 12.6. The largest absolute Gasteiger partial charge is 0.377 e. The van der Waals surface area contributed by atoms with Gasteiger partial charge in [-0.3, -0.25) is 0 Å². The summed E-state index contributed by atoms with van der Waals surface area (Å²) in [4.78, 5) is 4.05. The van der Waals surface area contributed by atoms with Crippen LogP contribution >= 0.6 is 11.6 Å². The monoisotopic (exact) mass is 245 g/mol. The summed E-state index contributed by atoms with van der Waals surface area (Å²) < 4.78 is 30.3. The summed E-state index contributed by atoms with van der Waals surface area (Å²) in [5.41, 5.74) is 1.34. The molecule has 16 heavy (non-hydrogen) atoms. The van der Waals surface area contributed by atoms with Crippen LogP contribution in [0.4, 0.5) is 8.78 Å². The molecule has 0 amide bonds. The van der Waals surface area contributed by atoms with E-state index in [2.05, 4.69) is 4.98 Å². The average molecular weight is 246 g/mol. The number of ether oxygens (including phenoxy) is 1. The summed E-state index contributed by atoms with van der Waals surface area (Å²) in [6.45, 7) is 1.08. The summed E-state index contributed by atoms with van der Waals surface area (Å²) in [5, 5.41) is 0.0974. The normalized spacial score (nSPS) is 16.4. The molecule has 0 radical (unpaired) electrons. The molecule has 0 bridgehead atoms. The first kappa shape index (κ1) is 11.5. The van der Waals surface area contributed by atoms with Crippen LogP contribution in [0.5, 0.6) is 0 Å². The lowest BCUT2D eigenvalue weighted by Crippen LogP contribution is -2.05. The van der Waals surface area contributed by atoms with E-state index in [1.54, 1.807) is 0 Å². The van der Waals surface area contributed by atoms with Crippen LogP contribution in [-0.4, -0.2) is 18.2 Å². The predicted molar refractivity (Wildman–Crippen MR) is 57.6 cm³/mol. The smallest absolute Gasteiger partial charge is 0.264 e. The molecule has 0 unspecified atom stereocenters. The Bertz CT molecular complexity index is 420. The highest BCUT2D eigenvalue weighted by Gasteiger charge is 2.14. The lowest BCUT2D eigenvalue weighted by atomic mass is 10.1. The molecule has 2 rings (SSSR count). The number of rotatable bonds is 2. The summed E-state index contributed by atoms with van der Waals surface area (Å²) in [7, 11) is 0. The van der Waals surface area contributed by atoms with Gasteiger partial charge in [-0.2, -0.15) is 0 Å². The number of hydrogen-bond donors (Lipinski definition) is 0. The molecule has 1 aromatic heterocycles. The molecule has 0 N–H and O–H groups in total. The second-order valence-corrected chi connectivity index (χ2v) is 3.85. The van der Waals surface area contributed by atoms with E-state index < -0.39 is 6.43 Å². The molecule has 0 atom stereocenters. The van der Waals surface area contributed by atoms with Crippen molar-refractivity contribution in [2.24, 2.45) is 0 Å². The van der Waals surface area contributed by atoms with Crippen molar-refractivity contribution in [1.29, 1.82) is 0 Å². The van der Waals surface area contributed by atoms with E-state index in [-0.39, 0.29) is 10.7 Å². The molecule has 0 spiro atoms. The van der Waals surface area contributed by atoms with Crippen LogP contribution < -0.4 is 0 Å². The molecular formula is C11H10ClF2NO. The Morgan fingerprint density at radius 3 is 2.81 bits per heavy atom. The van der Waals surface area contributed by atoms with Crippen LogP contribution in [0.15, 0.2) is 18.2 Å². The first-order valence-corrected chi connectivity index (χ1v) is 5.27. The van der Waals surface area contributed by atoms with Gasteiger partial charge >= 0.3 is 0 Å². The Hall–Kier alpha value is -1.00. The number of hydrogen-bond acceptors (Lipinski definition) is 2. The fourth-order valence-electron chi connectivity index (χ4n) is 1.57. The quantitative estimate of drug-likeness (QED) is 0.745. The predicted octanol–water partition coefficient (Wildman–Crippen LogP) is 3.48. The molecule has 0 saturated carbocycles. The Labute approximate surface area is 96.9 Å². The number of nitrogens with zero attached hydrogens (tertiary/aromatic N) is 1. The van der Waals surface area contributed by atoms with Crippen LogP contribution in [0.1, 0.15) is 24.1 Å². The van der Waals surface area contributed by atoms with Crippen LogP contribution in [0.3, 0.4) is 0 Å². The number of aromatic nitrogens is 1. The molecule has 2 heterocycles. The Morgan fingerprint density at radius 2 is 2.19 bits per heavy atom. The van der Waals surface area contributed by atoms with Gasteiger partial charge in [-0.15, -0.1) is 0 Å². The van der Waals surface area contributed by atoms with Crippen molar-refractivity contribution >= 4 is 17.2 Å². The fraction of sp³-hybridized carbons (Fsp3) is 0.364. The van der Waals surface area contributed by atoms with Crippen LogP contribution in [0.2, 0.25) is 5.15 Å². The second kappa shape index (κ2) is 4.89.